The molecule has 3 heterocycles. The van der Waals surface area contributed by atoms with Gasteiger partial charge in [0.05, 0.1) is 11.4 Å². The van der Waals surface area contributed by atoms with Crippen LogP contribution in [0.2, 0.25) is 0 Å². The Kier molecular flexibility index (Phi) is 4.88. The molecule has 2 fully saturated rings. The molecular weight excluding hydrogens is 260 g/mol. The summed E-state index contributed by atoms with van der Waals surface area (Å²) in [6.07, 6.45) is 4.07. The fourth-order valence-electron chi connectivity index (χ4n) is 3.72. The number of likely N-dealkylation sites (N-methyl/N-ethyl adjacent to an activating group) is 1. The zero-order valence-corrected chi connectivity index (χ0v) is 13.4. The van der Waals surface area contributed by atoms with Crippen LogP contribution in [-0.2, 0) is 13.1 Å². The third-order valence-electron chi connectivity index (χ3n) is 5.04. The number of hydrogen-bond donors (Lipinski definition) is 1. The number of aromatic nitrogens is 1. The molecule has 4 nitrogen and oxygen atoms in total. The fourth-order valence-corrected chi connectivity index (χ4v) is 3.72. The van der Waals surface area contributed by atoms with Crippen molar-refractivity contribution in [3.8, 4) is 0 Å². The van der Waals surface area contributed by atoms with Crippen molar-refractivity contribution in [3.63, 3.8) is 0 Å². The van der Waals surface area contributed by atoms with E-state index in [0.29, 0.717) is 0 Å². The molecule has 2 saturated heterocycles. The molecule has 1 aromatic rings. The van der Waals surface area contributed by atoms with E-state index in [2.05, 4.69) is 47.3 Å². The molecule has 1 aromatic heterocycles. The smallest absolute Gasteiger partial charge is 0.0547 e. The van der Waals surface area contributed by atoms with Gasteiger partial charge in [-0.2, -0.15) is 0 Å². The molecule has 0 aromatic carbocycles. The molecular formula is C17H28N4. The molecule has 0 radical (unpaired) electrons. The molecule has 2 atom stereocenters. The fraction of sp³-hybridized carbons (Fsp3) is 0.706. The topological polar surface area (TPSA) is 31.4 Å². The molecule has 0 amide bonds. The second kappa shape index (κ2) is 6.86. The van der Waals surface area contributed by atoms with Gasteiger partial charge in [0.1, 0.15) is 0 Å². The van der Waals surface area contributed by atoms with Crippen LogP contribution in [0, 0.1) is 0 Å². The van der Waals surface area contributed by atoms with Gasteiger partial charge in [-0.15, -0.1) is 0 Å². The zero-order chi connectivity index (χ0) is 14.7. The highest BCUT2D eigenvalue weighted by atomic mass is 15.3. The van der Waals surface area contributed by atoms with Crippen molar-refractivity contribution in [1.82, 2.24) is 20.1 Å². The van der Waals surface area contributed by atoms with Gasteiger partial charge >= 0.3 is 0 Å². The van der Waals surface area contributed by atoms with Crippen LogP contribution in [0.4, 0.5) is 0 Å². The summed E-state index contributed by atoms with van der Waals surface area (Å²) in [5, 5.41) is 3.35. The standard InChI is InChI=1S/C17H28N4/c1-3-18-11-14-5-4-6-15(19-14)12-21-10-9-16-7-8-17(13-21)20(16)2/h4-6,16-18H,3,7-13H2,1-2H3. The maximum absolute atomic E-state index is 4.80. The van der Waals surface area contributed by atoms with Gasteiger partial charge in [0.2, 0.25) is 0 Å². The van der Waals surface area contributed by atoms with Crippen LogP contribution in [0.3, 0.4) is 0 Å². The predicted molar refractivity (Wildman–Crippen MR) is 86.1 cm³/mol. The quantitative estimate of drug-likeness (QED) is 0.896. The van der Waals surface area contributed by atoms with Crippen LogP contribution in [0.1, 0.15) is 37.6 Å². The molecule has 116 valence electrons. The molecule has 2 aliphatic rings. The average Bonchev–Trinajstić information content (AvgIpc) is 2.74. The molecule has 4 heteroatoms. The van der Waals surface area contributed by atoms with Crippen molar-refractivity contribution >= 4 is 0 Å². The molecule has 0 spiro atoms. The zero-order valence-electron chi connectivity index (χ0n) is 13.4. The maximum Gasteiger partial charge on any atom is 0.0547 e. The third-order valence-corrected chi connectivity index (χ3v) is 5.04. The molecule has 3 rings (SSSR count). The number of fused-ring (bicyclic) bond motifs is 2. The Morgan fingerprint density at radius 1 is 1.19 bits per heavy atom. The van der Waals surface area contributed by atoms with Crippen LogP contribution in [-0.4, -0.2) is 53.5 Å². The lowest BCUT2D eigenvalue weighted by Gasteiger charge is -2.25. The SMILES string of the molecule is CCNCc1cccc(CN2CCC3CCC(C2)N3C)n1. The Morgan fingerprint density at radius 3 is 2.86 bits per heavy atom. The third kappa shape index (κ3) is 3.62. The van der Waals surface area contributed by atoms with Crippen LogP contribution in [0.5, 0.6) is 0 Å². The number of nitrogens with zero attached hydrogens (tertiary/aromatic N) is 3. The number of nitrogens with one attached hydrogen (secondary N) is 1. The lowest BCUT2D eigenvalue weighted by atomic mass is 10.1. The number of likely N-dealkylation sites (tertiary alicyclic amines) is 1. The Balaban J connectivity index is 1.61. The summed E-state index contributed by atoms with van der Waals surface area (Å²) in [5.74, 6) is 0. The minimum Gasteiger partial charge on any atom is -0.311 e. The second-order valence-electron chi connectivity index (χ2n) is 6.47. The summed E-state index contributed by atoms with van der Waals surface area (Å²) in [6, 6.07) is 7.99. The molecule has 0 aliphatic carbocycles. The predicted octanol–water partition coefficient (Wildman–Crippen LogP) is 1.86. The van der Waals surface area contributed by atoms with Crippen LogP contribution < -0.4 is 5.32 Å². The number of pyridine rings is 1. The van der Waals surface area contributed by atoms with Gasteiger partial charge in [-0.05, 0) is 45.0 Å². The van der Waals surface area contributed by atoms with Crippen molar-refractivity contribution in [2.45, 2.75) is 51.4 Å². The first kappa shape index (κ1) is 14.9. The monoisotopic (exact) mass is 288 g/mol. The first-order valence-electron chi connectivity index (χ1n) is 8.36. The van der Waals surface area contributed by atoms with Crippen molar-refractivity contribution in [2.24, 2.45) is 0 Å². The highest BCUT2D eigenvalue weighted by Crippen LogP contribution is 2.28. The molecule has 0 saturated carbocycles. The Bertz CT molecular complexity index is 462. The summed E-state index contributed by atoms with van der Waals surface area (Å²) in [7, 11) is 2.31. The summed E-state index contributed by atoms with van der Waals surface area (Å²) >= 11 is 0. The highest BCUT2D eigenvalue weighted by Gasteiger charge is 2.34. The van der Waals surface area contributed by atoms with Gasteiger partial charge in [0, 0.05) is 38.3 Å². The summed E-state index contributed by atoms with van der Waals surface area (Å²) in [5.41, 5.74) is 2.37. The summed E-state index contributed by atoms with van der Waals surface area (Å²) in [6.45, 7) is 7.41. The Hall–Kier alpha value is -0.970. The van der Waals surface area contributed by atoms with Crippen LogP contribution in [0.15, 0.2) is 18.2 Å². The van der Waals surface area contributed by atoms with Crippen molar-refractivity contribution in [1.29, 1.82) is 0 Å². The van der Waals surface area contributed by atoms with E-state index in [1.807, 2.05) is 0 Å². The summed E-state index contributed by atoms with van der Waals surface area (Å²) < 4.78 is 0. The molecule has 1 N–H and O–H groups in total. The van der Waals surface area contributed by atoms with E-state index in [1.54, 1.807) is 0 Å². The molecule has 2 unspecified atom stereocenters. The van der Waals surface area contributed by atoms with Gasteiger partial charge in [-0.25, -0.2) is 0 Å². The van der Waals surface area contributed by atoms with Gasteiger partial charge in [-0.3, -0.25) is 14.8 Å². The van der Waals surface area contributed by atoms with E-state index in [-0.39, 0.29) is 0 Å². The Labute approximate surface area is 128 Å². The van der Waals surface area contributed by atoms with E-state index >= 15 is 0 Å². The van der Waals surface area contributed by atoms with Crippen molar-refractivity contribution in [2.75, 3.05) is 26.7 Å². The first-order valence-corrected chi connectivity index (χ1v) is 8.36. The van der Waals surface area contributed by atoms with Crippen molar-refractivity contribution < 1.29 is 0 Å². The van der Waals surface area contributed by atoms with Gasteiger partial charge in [0.15, 0.2) is 0 Å². The number of rotatable bonds is 5. The molecule has 2 bridgehead atoms. The molecule has 2 aliphatic heterocycles. The lowest BCUT2D eigenvalue weighted by Crippen LogP contribution is -2.36. The maximum atomic E-state index is 4.80. The highest BCUT2D eigenvalue weighted by molar-refractivity contribution is 5.11. The average molecular weight is 288 g/mol. The Morgan fingerprint density at radius 2 is 2.00 bits per heavy atom. The minimum atomic E-state index is 0.752. The van der Waals surface area contributed by atoms with Gasteiger partial charge < -0.3 is 5.32 Å². The van der Waals surface area contributed by atoms with E-state index in [4.69, 9.17) is 4.98 Å². The van der Waals surface area contributed by atoms with Crippen LogP contribution >= 0.6 is 0 Å². The van der Waals surface area contributed by atoms with E-state index in [0.717, 1.165) is 37.4 Å². The largest absolute Gasteiger partial charge is 0.311 e. The molecule has 21 heavy (non-hydrogen) atoms. The van der Waals surface area contributed by atoms with E-state index in [9.17, 15) is 0 Å². The second-order valence-corrected chi connectivity index (χ2v) is 6.47. The van der Waals surface area contributed by atoms with Gasteiger partial charge in [0.25, 0.3) is 0 Å². The minimum absolute atomic E-state index is 0.752. The van der Waals surface area contributed by atoms with E-state index < -0.39 is 0 Å². The normalized spacial score (nSPS) is 27.0. The lowest BCUT2D eigenvalue weighted by molar-refractivity contribution is 0.213. The van der Waals surface area contributed by atoms with Gasteiger partial charge in [-0.1, -0.05) is 13.0 Å². The first-order chi connectivity index (χ1) is 10.3. The van der Waals surface area contributed by atoms with Crippen molar-refractivity contribution in [3.05, 3.63) is 29.6 Å². The van der Waals surface area contributed by atoms with Crippen LogP contribution in [0.25, 0.3) is 0 Å². The van der Waals surface area contributed by atoms with E-state index in [1.165, 1.54) is 38.0 Å². The summed E-state index contributed by atoms with van der Waals surface area (Å²) in [4.78, 5) is 10.0. The number of hydrogen-bond acceptors (Lipinski definition) is 4.